The van der Waals surface area contributed by atoms with Crippen molar-refractivity contribution < 1.29 is 40.9 Å². The number of anilines is 2. The molecule has 0 unspecified atom stereocenters. The van der Waals surface area contributed by atoms with Crippen LogP contribution in [0.3, 0.4) is 0 Å². The van der Waals surface area contributed by atoms with Crippen LogP contribution in [0.2, 0.25) is 0 Å². The van der Waals surface area contributed by atoms with Crippen molar-refractivity contribution in [3.8, 4) is 11.5 Å². The third-order valence-corrected chi connectivity index (χ3v) is 5.50. The van der Waals surface area contributed by atoms with Gasteiger partial charge in [0, 0.05) is 66.8 Å². The molecule has 3 aromatic rings. The van der Waals surface area contributed by atoms with E-state index < -0.39 is 10.8 Å². The van der Waals surface area contributed by atoms with E-state index in [0.29, 0.717) is 33.9 Å². The molecule has 0 bridgehead atoms. The number of nitrogens with one attached hydrogen (secondary N) is 2. The topological polar surface area (TPSA) is 123 Å². The molecule has 208 valence electrons. The van der Waals surface area contributed by atoms with Crippen LogP contribution in [0, 0.1) is 10.8 Å². The summed E-state index contributed by atoms with van der Waals surface area (Å²) in [6.07, 6.45) is 2.99. The summed E-state index contributed by atoms with van der Waals surface area (Å²) in [5.74, 6) is -0.253. The molecule has 3 rings (SSSR count). The number of carbonyl (C=O) groups is 2. The van der Waals surface area contributed by atoms with Gasteiger partial charge in [-0.1, -0.05) is 53.7 Å². The largest absolute Gasteiger partial charge is 0.507 e. The molecular formula is C30H34N4O4Pt. The standard InChI is InChI=1S/C30H34N4O4.Pt/c1-29(2,3)27(37)33-21-11-13-25(35)19(15-21)17-31-23-9-7-8-10-24(23)32-18-20-16-22(12-14-26(20)36)34-28(38)30(4,5)6;/h7-18,35-36H,1-6H3,(H,33,37)(H,34,38);. The van der Waals surface area contributed by atoms with E-state index in [2.05, 4.69) is 20.6 Å². The Hall–Kier alpha value is -3.77. The summed E-state index contributed by atoms with van der Waals surface area (Å²) < 4.78 is 0. The summed E-state index contributed by atoms with van der Waals surface area (Å²) >= 11 is 0. The van der Waals surface area contributed by atoms with Gasteiger partial charge in [-0.05, 0) is 48.5 Å². The van der Waals surface area contributed by atoms with Crippen LogP contribution < -0.4 is 10.6 Å². The Labute approximate surface area is 243 Å². The third kappa shape index (κ3) is 8.89. The Morgan fingerprint density at radius 2 is 1.03 bits per heavy atom. The molecule has 2 amide bonds. The molecule has 4 N–H and O–H groups in total. The van der Waals surface area contributed by atoms with Gasteiger partial charge in [-0.3, -0.25) is 19.6 Å². The molecule has 0 aliphatic heterocycles. The number of aromatic hydroxyl groups is 2. The Morgan fingerprint density at radius 1 is 0.667 bits per heavy atom. The molecule has 0 aliphatic carbocycles. The fraction of sp³-hybridized carbons (Fsp3) is 0.267. The van der Waals surface area contributed by atoms with Crippen LogP contribution in [0.1, 0.15) is 52.7 Å². The average Bonchev–Trinajstić information content (AvgIpc) is 2.84. The van der Waals surface area contributed by atoms with Crippen LogP contribution in [-0.2, 0) is 30.7 Å². The van der Waals surface area contributed by atoms with Crippen molar-refractivity contribution in [3.05, 3.63) is 71.8 Å². The molecule has 0 aromatic heterocycles. The fourth-order valence-electron chi connectivity index (χ4n) is 3.07. The van der Waals surface area contributed by atoms with Crippen molar-refractivity contribution in [1.29, 1.82) is 0 Å². The fourth-order valence-corrected chi connectivity index (χ4v) is 3.07. The third-order valence-electron chi connectivity index (χ3n) is 5.50. The molecule has 0 fully saturated rings. The van der Waals surface area contributed by atoms with Gasteiger partial charge in [-0.25, -0.2) is 0 Å². The number of benzene rings is 3. The van der Waals surface area contributed by atoms with Crippen LogP contribution in [-0.4, -0.2) is 34.5 Å². The van der Waals surface area contributed by atoms with Crippen LogP contribution in [0.5, 0.6) is 11.5 Å². The molecule has 39 heavy (non-hydrogen) atoms. The Bertz CT molecular complexity index is 1300. The first-order valence-corrected chi connectivity index (χ1v) is 12.2. The van der Waals surface area contributed by atoms with E-state index in [4.69, 9.17) is 0 Å². The molecule has 0 radical (unpaired) electrons. The number of phenols is 2. The monoisotopic (exact) mass is 709 g/mol. The minimum atomic E-state index is -0.560. The van der Waals surface area contributed by atoms with Gasteiger partial charge < -0.3 is 20.8 Å². The number of hydrogen-bond acceptors (Lipinski definition) is 6. The van der Waals surface area contributed by atoms with Crippen molar-refractivity contribution in [1.82, 2.24) is 0 Å². The van der Waals surface area contributed by atoms with Crippen molar-refractivity contribution in [2.45, 2.75) is 41.5 Å². The first kappa shape index (κ1) is 31.4. The Morgan fingerprint density at radius 3 is 1.36 bits per heavy atom. The number of aliphatic imine (C=N–C) groups is 2. The number of rotatable bonds is 6. The number of phenolic OH excluding ortho intramolecular Hbond substituents is 2. The van der Waals surface area contributed by atoms with Gasteiger partial charge >= 0.3 is 0 Å². The van der Waals surface area contributed by atoms with Crippen LogP contribution in [0.4, 0.5) is 22.7 Å². The minimum Gasteiger partial charge on any atom is -0.507 e. The number of hydrogen-bond donors (Lipinski definition) is 4. The predicted octanol–water partition coefficient (Wildman–Crippen LogP) is 6.57. The van der Waals surface area contributed by atoms with E-state index in [1.165, 1.54) is 24.6 Å². The van der Waals surface area contributed by atoms with E-state index in [0.717, 1.165) is 0 Å². The number of nitrogens with zero attached hydrogens (tertiary/aromatic N) is 2. The molecule has 0 saturated carbocycles. The molecule has 0 heterocycles. The second-order valence-electron chi connectivity index (χ2n) is 11.0. The van der Waals surface area contributed by atoms with E-state index in [-0.39, 0.29) is 44.4 Å². The summed E-state index contributed by atoms with van der Waals surface area (Å²) in [4.78, 5) is 33.6. The van der Waals surface area contributed by atoms with Crippen molar-refractivity contribution in [2.24, 2.45) is 20.8 Å². The quantitative estimate of drug-likeness (QED) is 0.171. The summed E-state index contributed by atoms with van der Waals surface area (Å²) in [7, 11) is 0. The first-order valence-electron chi connectivity index (χ1n) is 12.2. The van der Waals surface area contributed by atoms with E-state index in [1.54, 1.807) is 36.4 Å². The maximum atomic E-state index is 12.3. The second kappa shape index (κ2) is 12.9. The van der Waals surface area contributed by atoms with Gasteiger partial charge in [0.1, 0.15) is 11.5 Å². The molecule has 0 spiro atoms. The molecule has 8 nitrogen and oxygen atoms in total. The maximum absolute atomic E-state index is 12.3. The van der Waals surface area contributed by atoms with Gasteiger partial charge in [0.15, 0.2) is 0 Å². The molecule has 9 heteroatoms. The van der Waals surface area contributed by atoms with Crippen molar-refractivity contribution in [3.63, 3.8) is 0 Å². The Kier molecular flexibility index (Phi) is 10.4. The summed E-state index contributed by atoms with van der Waals surface area (Å²) in [6.45, 7) is 10.9. The molecule has 0 saturated heterocycles. The van der Waals surface area contributed by atoms with E-state index in [1.807, 2.05) is 53.7 Å². The molecule has 0 atom stereocenters. The SMILES string of the molecule is CC(C)(C)C(=O)Nc1ccc(O)c(C=Nc2ccccc2N=Cc2cc(NC(=O)C(C)(C)C)ccc2O)c1.[Pt]. The van der Waals surface area contributed by atoms with Crippen LogP contribution >= 0.6 is 0 Å². The predicted molar refractivity (Wildman–Crippen MR) is 153 cm³/mol. The first-order chi connectivity index (χ1) is 17.7. The molecular weight excluding hydrogens is 675 g/mol. The van der Waals surface area contributed by atoms with Crippen molar-refractivity contribution >= 4 is 47.0 Å². The number of carbonyl (C=O) groups excluding carboxylic acids is 2. The van der Waals surface area contributed by atoms with E-state index in [9.17, 15) is 19.8 Å². The average molecular weight is 710 g/mol. The van der Waals surface area contributed by atoms with Gasteiger partial charge in [-0.15, -0.1) is 0 Å². The van der Waals surface area contributed by atoms with E-state index >= 15 is 0 Å². The van der Waals surface area contributed by atoms with Crippen LogP contribution in [0.25, 0.3) is 0 Å². The summed E-state index contributed by atoms with van der Waals surface area (Å²) in [5.41, 5.74) is 1.89. The van der Waals surface area contributed by atoms with Gasteiger partial charge in [0.25, 0.3) is 0 Å². The Balaban J connectivity index is 0.00000533. The number of para-hydroxylation sites is 2. The normalized spacial score (nSPS) is 11.8. The molecule has 0 aliphatic rings. The number of amides is 2. The summed E-state index contributed by atoms with van der Waals surface area (Å²) in [6, 6.07) is 16.7. The smallest absolute Gasteiger partial charge is 0.229 e. The zero-order valence-corrected chi connectivity index (χ0v) is 25.1. The van der Waals surface area contributed by atoms with Gasteiger partial charge in [0.2, 0.25) is 11.8 Å². The molecule has 3 aromatic carbocycles. The maximum Gasteiger partial charge on any atom is 0.229 e. The second-order valence-corrected chi connectivity index (χ2v) is 11.0. The zero-order chi connectivity index (χ0) is 28.1. The van der Waals surface area contributed by atoms with Crippen LogP contribution in [0.15, 0.2) is 70.6 Å². The minimum absolute atomic E-state index is 0. The van der Waals surface area contributed by atoms with Gasteiger partial charge in [-0.2, -0.15) is 0 Å². The van der Waals surface area contributed by atoms with Crippen molar-refractivity contribution in [2.75, 3.05) is 10.6 Å². The zero-order valence-electron chi connectivity index (χ0n) is 22.8. The van der Waals surface area contributed by atoms with Gasteiger partial charge in [0.05, 0.1) is 11.4 Å². The summed E-state index contributed by atoms with van der Waals surface area (Å²) in [5, 5.41) is 26.3.